The number of nitrogens with zero attached hydrogens (tertiary/aromatic N) is 8. The van der Waals surface area contributed by atoms with E-state index in [1.165, 1.54) is 4.57 Å². The summed E-state index contributed by atoms with van der Waals surface area (Å²) in [5.41, 5.74) is 3.86. The van der Waals surface area contributed by atoms with Crippen molar-refractivity contribution in [1.29, 1.82) is 0 Å². The molecule has 7 heterocycles. The fourth-order valence-electron chi connectivity index (χ4n) is 10.0. The molecule has 326 valence electrons. The number of piperazine rings is 1. The Morgan fingerprint density at radius 2 is 1.81 bits per heavy atom. The number of rotatable bonds is 8. The van der Waals surface area contributed by atoms with E-state index in [-0.39, 0.29) is 35.2 Å². The van der Waals surface area contributed by atoms with Crippen molar-refractivity contribution in [3.05, 3.63) is 63.7 Å². The molecule has 3 atom stereocenters. The third-order valence-corrected chi connectivity index (χ3v) is 13.8. The van der Waals surface area contributed by atoms with Crippen LogP contribution in [0.25, 0.3) is 21.8 Å². The second-order valence-corrected chi connectivity index (χ2v) is 18.1. The van der Waals surface area contributed by atoms with Crippen LogP contribution in [0.4, 0.5) is 37.6 Å². The predicted molar refractivity (Wildman–Crippen MR) is 234 cm³/mol. The van der Waals surface area contributed by atoms with E-state index in [2.05, 4.69) is 48.6 Å². The van der Waals surface area contributed by atoms with Gasteiger partial charge in [0.2, 0.25) is 23.5 Å². The van der Waals surface area contributed by atoms with E-state index in [1.807, 2.05) is 29.9 Å². The number of alkyl halides is 2. The van der Waals surface area contributed by atoms with E-state index in [0.29, 0.717) is 65.0 Å². The Hall–Kier alpha value is -5.55. The summed E-state index contributed by atoms with van der Waals surface area (Å²) in [6, 6.07) is 10.6. The fourth-order valence-corrected chi connectivity index (χ4v) is 10.2. The van der Waals surface area contributed by atoms with Crippen molar-refractivity contribution in [2.24, 2.45) is 25.9 Å². The van der Waals surface area contributed by atoms with Crippen molar-refractivity contribution >= 4 is 74.0 Å². The van der Waals surface area contributed by atoms with Crippen molar-refractivity contribution in [2.45, 2.75) is 69.4 Å². The standard InChI is InChI=1S/C44H50ClF2N11O4/c1-24-21-56(22-25-13-15-57(16-14-25)33-6-4-5-28-35(53-55(3)37(28)33)29-10-12-34(59)50-41(29)60)17-18-58(24)43-48-20-31(45)40(52-43)49-27-9-11-32-30(19-27)36-38(42(61)54(32)2)62-23-44(46,47)39(51-36)26-7-8-26/h4-6,9,11,19-20,24-26,29,39,51H,7-8,10,12-18,21-23H2,1-3H3,(H,48,49,52)(H,50,59,60). The van der Waals surface area contributed by atoms with Crippen LogP contribution in [0.1, 0.15) is 57.1 Å². The number of halogens is 3. The molecular formula is C44H50ClF2N11O4. The van der Waals surface area contributed by atoms with Gasteiger partial charge in [-0.3, -0.25) is 29.3 Å². The Kier molecular flexibility index (Phi) is 10.2. The molecule has 2 amide bonds. The van der Waals surface area contributed by atoms with Crippen molar-refractivity contribution in [2.75, 3.05) is 66.3 Å². The molecule has 4 fully saturated rings. The van der Waals surface area contributed by atoms with Gasteiger partial charge >= 0.3 is 5.92 Å². The molecule has 3 N–H and O–H groups in total. The van der Waals surface area contributed by atoms with Gasteiger partial charge in [0.15, 0.2) is 12.4 Å². The summed E-state index contributed by atoms with van der Waals surface area (Å²) in [5, 5.41) is 15.5. The van der Waals surface area contributed by atoms with E-state index in [1.54, 1.807) is 25.4 Å². The highest BCUT2D eigenvalue weighted by atomic mass is 35.5. The van der Waals surface area contributed by atoms with Gasteiger partial charge in [0.1, 0.15) is 5.02 Å². The lowest BCUT2D eigenvalue weighted by Gasteiger charge is -2.42. The third kappa shape index (κ3) is 7.35. The van der Waals surface area contributed by atoms with Crippen LogP contribution in [0.15, 0.2) is 47.4 Å². The zero-order chi connectivity index (χ0) is 43.0. The van der Waals surface area contributed by atoms with Gasteiger partial charge in [-0.15, -0.1) is 0 Å². The van der Waals surface area contributed by atoms with E-state index in [9.17, 15) is 14.4 Å². The number of imide groups is 1. The minimum absolute atomic E-state index is 0.108. The maximum Gasteiger partial charge on any atom is 0.301 e. The molecule has 18 heteroatoms. The number of nitrogens with one attached hydrogen (secondary N) is 3. The van der Waals surface area contributed by atoms with Gasteiger partial charge in [-0.2, -0.15) is 10.1 Å². The Labute approximate surface area is 361 Å². The summed E-state index contributed by atoms with van der Waals surface area (Å²) < 4.78 is 39.2. The summed E-state index contributed by atoms with van der Waals surface area (Å²) in [5.74, 6) is -2.85. The van der Waals surface area contributed by atoms with E-state index in [0.717, 1.165) is 74.4 Å². The molecule has 1 saturated carbocycles. The molecule has 3 aromatic heterocycles. The van der Waals surface area contributed by atoms with Gasteiger partial charge in [0.25, 0.3) is 5.56 Å². The van der Waals surface area contributed by atoms with E-state index in [4.69, 9.17) is 26.4 Å². The number of aryl methyl sites for hydroxylation is 2. The smallest absolute Gasteiger partial charge is 0.301 e. The molecule has 62 heavy (non-hydrogen) atoms. The normalized spacial score (nSPS) is 23.5. The summed E-state index contributed by atoms with van der Waals surface area (Å²) in [7, 11) is 3.53. The lowest BCUT2D eigenvalue weighted by atomic mass is 9.92. The second kappa shape index (κ2) is 15.7. The number of carbonyl (C=O) groups excluding carboxylic acids is 2. The van der Waals surface area contributed by atoms with Crippen LogP contribution in [0.3, 0.4) is 0 Å². The molecule has 0 bridgehead atoms. The molecule has 5 aromatic rings. The average molecular weight is 870 g/mol. The Morgan fingerprint density at radius 1 is 1.00 bits per heavy atom. The van der Waals surface area contributed by atoms with Gasteiger partial charge in [-0.1, -0.05) is 23.7 Å². The molecule has 2 aromatic carbocycles. The van der Waals surface area contributed by atoms with Crippen LogP contribution >= 0.6 is 11.6 Å². The zero-order valence-corrected chi connectivity index (χ0v) is 35.7. The number of ether oxygens (including phenoxy) is 1. The zero-order valence-electron chi connectivity index (χ0n) is 35.0. The molecule has 15 nitrogen and oxygen atoms in total. The van der Waals surface area contributed by atoms with Crippen LogP contribution in [0.5, 0.6) is 5.75 Å². The van der Waals surface area contributed by atoms with Crippen LogP contribution in [-0.4, -0.2) is 105 Å². The number of carbonyl (C=O) groups is 2. The van der Waals surface area contributed by atoms with Crippen molar-refractivity contribution in [1.82, 2.24) is 34.5 Å². The van der Waals surface area contributed by atoms with Crippen molar-refractivity contribution < 1.29 is 23.1 Å². The number of aromatic nitrogens is 5. The van der Waals surface area contributed by atoms with Crippen molar-refractivity contribution in [3.8, 4) is 5.75 Å². The first kappa shape index (κ1) is 40.5. The largest absolute Gasteiger partial charge is 0.480 e. The first-order valence-electron chi connectivity index (χ1n) is 21.6. The third-order valence-electron chi connectivity index (χ3n) is 13.5. The quantitative estimate of drug-likeness (QED) is 0.162. The van der Waals surface area contributed by atoms with Crippen molar-refractivity contribution in [3.63, 3.8) is 0 Å². The first-order chi connectivity index (χ1) is 29.8. The summed E-state index contributed by atoms with van der Waals surface area (Å²) in [6.07, 6.45) is 5.89. The molecule has 10 rings (SSSR count). The number of hydrogen-bond donors (Lipinski definition) is 3. The molecular weight excluding hydrogens is 820 g/mol. The number of anilines is 5. The molecule has 4 aliphatic heterocycles. The summed E-state index contributed by atoms with van der Waals surface area (Å²) in [6.45, 7) is 6.64. The first-order valence-corrected chi connectivity index (χ1v) is 22.0. The Balaban J connectivity index is 0.791. The minimum Gasteiger partial charge on any atom is -0.480 e. The molecule has 3 saturated heterocycles. The number of fused-ring (bicyclic) bond motifs is 4. The van der Waals surface area contributed by atoms with Crippen LogP contribution in [-0.2, 0) is 23.7 Å². The number of para-hydroxylation sites is 1. The molecule has 1 aliphatic carbocycles. The Bertz CT molecular complexity index is 2660. The SMILES string of the molecule is CC1CN(CC2CCN(c3cccc4c(C5CCC(=O)NC5=O)nn(C)c34)CC2)CCN1c1ncc(Cl)c(Nc2ccc3c(c2)c2c(c(=O)n3C)OCC(F)(F)C(C3CC3)N2)n1. The Morgan fingerprint density at radius 3 is 2.56 bits per heavy atom. The molecule has 5 aliphatic rings. The van der Waals surface area contributed by atoms with Gasteiger partial charge in [-0.25, -0.2) is 13.8 Å². The topological polar surface area (TPSA) is 155 Å². The van der Waals surface area contributed by atoms with Crippen LogP contribution < -0.4 is 36.0 Å². The minimum atomic E-state index is -3.13. The summed E-state index contributed by atoms with van der Waals surface area (Å²) in [4.78, 5) is 54.5. The van der Waals surface area contributed by atoms with Gasteiger partial charge in [0, 0.05) is 82.3 Å². The maximum absolute atomic E-state index is 15.2. The molecule has 0 spiro atoms. The maximum atomic E-state index is 15.2. The average Bonchev–Trinajstić information content (AvgIpc) is 4.05. The van der Waals surface area contributed by atoms with Crippen LogP contribution in [0.2, 0.25) is 5.02 Å². The summed E-state index contributed by atoms with van der Waals surface area (Å²) >= 11 is 6.67. The number of piperidine rings is 2. The molecule has 0 radical (unpaired) electrons. The fraction of sp³-hybridized carbons (Fsp3) is 0.500. The van der Waals surface area contributed by atoms with Crippen LogP contribution in [0, 0.1) is 11.8 Å². The highest BCUT2D eigenvalue weighted by molar-refractivity contribution is 6.33. The van der Waals surface area contributed by atoms with E-state index >= 15 is 8.78 Å². The van der Waals surface area contributed by atoms with Gasteiger partial charge in [0.05, 0.1) is 46.3 Å². The monoisotopic (exact) mass is 869 g/mol. The molecule has 3 unspecified atom stereocenters. The lowest BCUT2D eigenvalue weighted by molar-refractivity contribution is -0.134. The lowest BCUT2D eigenvalue weighted by Crippen LogP contribution is -2.54. The number of pyridine rings is 1. The van der Waals surface area contributed by atoms with E-state index < -0.39 is 30.0 Å². The highest BCUT2D eigenvalue weighted by Crippen LogP contribution is 2.46. The highest BCUT2D eigenvalue weighted by Gasteiger charge is 2.51. The van der Waals surface area contributed by atoms with Gasteiger partial charge in [-0.05, 0) is 75.1 Å². The predicted octanol–water partition coefficient (Wildman–Crippen LogP) is 5.78. The van der Waals surface area contributed by atoms with Gasteiger partial charge < -0.3 is 29.7 Å². The second-order valence-electron chi connectivity index (χ2n) is 17.7. The number of benzene rings is 2. The number of hydrogen-bond acceptors (Lipinski definition) is 12. The number of amides is 2.